The number of methoxy groups -OCH3 is 1. The largest absolute Gasteiger partial charge is 0.497 e. The van der Waals surface area contributed by atoms with E-state index in [0.717, 1.165) is 35.7 Å². The molecule has 1 heterocycles. The molecule has 0 aliphatic carbocycles. The summed E-state index contributed by atoms with van der Waals surface area (Å²) in [6.07, 6.45) is -4.03. The van der Waals surface area contributed by atoms with Crippen LogP contribution in [-0.2, 0) is 14.3 Å². The number of aryl methyl sites for hydroxylation is 1. The van der Waals surface area contributed by atoms with Crippen LogP contribution in [0.5, 0.6) is 5.75 Å². The van der Waals surface area contributed by atoms with Gasteiger partial charge < -0.3 is 14.2 Å². The Hall–Kier alpha value is -2.19. The highest BCUT2D eigenvalue weighted by Gasteiger charge is 2.44. The van der Waals surface area contributed by atoms with Gasteiger partial charge in [0.15, 0.2) is 5.44 Å². The summed E-state index contributed by atoms with van der Waals surface area (Å²) in [5.41, 5.74) is 0.821. The Balaban J connectivity index is 1.77. The molecule has 1 fully saturated rings. The van der Waals surface area contributed by atoms with Crippen LogP contribution in [0.3, 0.4) is 0 Å². The van der Waals surface area contributed by atoms with Crippen molar-refractivity contribution in [2.75, 3.05) is 7.11 Å². The van der Waals surface area contributed by atoms with Crippen LogP contribution in [0.4, 0.5) is 13.2 Å². The first kappa shape index (κ1) is 22.5. The second-order valence-electron chi connectivity index (χ2n) is 7.07. The number of hydrogen-bond acceptors (Lipinski definition) is 5. The van der Waals surface area contributed by atoms with E-state index in [1.54, 1.807) is 19.2 Å². The van der Waals surface area contributed by atoms with E-state index in [2.05, 4.69) is 0 Å². The molecule has 0 N–H and O–H groups in total. The van der Waals surface area contributed by atoms with E-state index in [1.807, 2.05) is 43.3 Å². The molecule has 3 rings (SSSR count). The number of rotatable bonds is 6. The number of halogens is 3. The molecule has 0 bridgehead atoms. The lowest BCUT2D eigenvalue weighted by atomic mass is 9.98. The SMILES string of the molecule is COc1ccc([C@@H]2CCC[C@H](C(OC(=O)C(F)(F)F)Sc3ccc(C)cc3)O2)cc1. The van der Waals surface area contributed by atoms with Gasteiger partial charge in [-0.25, -0.2) is 4.79 Å². The Morgan fingerprint density at radius 1 is 1.10 bits per heavy atom. The number of ether oxygens (including phenoxy) is 3. The first-order valence-corrected chi connectivity index (χ1v) is 10.4. The number of carbonyl (C=O) groups is 1. The van der Waals surface area contributed by atoms with Gasteiger partial charge in [-0.2, -0.15) is 13.2 Å². The topological polar surface area (TPSA) is 44.8 Å². The zero-order valence-electron chi connectivity index (χ0n) is 16.6. The number of benzene rings is 2. The maximum Gasteiger partial charge on any atom is 0.490 e. The Morgan fingerprint density at radius 2 is 1.77 bits per heavy atom. The van der Waals surface area contributed by atoms with Crippen LogP contribution in [-0.4, -0.2) is 30.8 Å². The van der Waals surface area contributed by atoms with Gasteiger partial charge in [0, 0.05) is 4.90 Å². The molecule has 1 aliphatic rings. The van der Waals surface area contributed by atoms with Crippen LogP contribution in [0.25, 0.3) is 0 Å². The average Bonchev–Trinajstić information content (AvgIpc) is 2.74. The van der Waals surface area contributed by atoms with Gasteiger partial charge in [-0.3, -0.25) is 0 Å². The summed E-state index contributed by atoms with van der Waals surface area (Å²) in [4.78, 5) is 12.3. The Bertz CT molecular complexity index is 837. The molecule has 30 heavy (non-hydrogen) atoms. The molecular weight excluding hydrogens is 417 g/mol. The number of thioether (sulfide) groups is 1. The van der Waals surface area contributed by atoms with E-state index < -0.39 is 23.7 Å². The van der Waals surface area contributed by atoms with Crippen LogP contribution < -0.4 is 4.74 Å². The molecule has 0 aromatic heterocycles. The molecule has 2 aromatic rings. The fraction of sp³-hybridized carbons (Fsp3) is 0.409. The van der Waals surface area contributed by atoms with Crippen LogP contribution in [0.1, 0.15) is 36.5 Å². The number of carbonyl (C=O) groups excluding carboxylic acids is 1. The van der Waals surface area contributed by atoms with Crippen molar-refractivity contribution in [1.29, 1.82) is 0 Å². The summed E-state index contributed by atoms with van der Waals surface area (Å²) in [7, 11) is 1.57. The maximum absolute atomic E-state index is 12.8. The van der Waals surface area contributed by atoms with Crippen molar-refractivity contribution in [2.45, 2.75) is 54.9 Å². The fourth-order valence-electron chi connectivity index (χ4n) is 3.21. The molecule has 162 valence electrons. The summed E-state index contributed by atoms with van der Waals surface area (Å²) in [6, 6.07) is 14.6. The minimum absolute atomic E-state index is 0.291. The molecular formula is C22H23F3O4S. The van der Waals surface area contributed by atoms with E-state index in [0.29, 0.717) is 17.1 Å². The predicted molar refractivity (Wildman–Crippen MR) is 107 cm³/mol. The molecule has 0 spiro atoms. The standard InChI is InChI=1S/C22H23F3O4S/c1-14-6-12-17(13-7-14)30-20(29-21(26)22(23,24)25)19-5-3-4-18(28-19)15-8-10-16(27-2)11-9-15/h6-13,18-20H,3-5H2,1-2H3/t18-,19+,20?/m0/s1. The van der Waals surface area contributed by atoms with Crippen molar-refractivity contribution in [3.05, 3.63) is 59.7 Å². The lowest BCUT2D eigenvalue weighted by Gasteiger charge is -2.34. The van der Waals surface area contributed by atoms with Crippen molar-refractivity contribution >= 4 is 17.7 Å². The predicted octanol–water partition coefficient (Wildman–Crippen LogP) is 5.84. The first-order chi connectivity index (χ1) is 14.3. The van der Waals surface area contributed by atoms with Crippen molar-refractivity contribution in [3.8, 4) is 5.75 Å². The Kier molecular flexibility index (Phi) is 7.31. The average molecular weight is 440 g/mol. The third-order valence-electron chi connectivity index (χ3n) is 4.81. The monoisotopic (exact) mass is 440 g/mol. The molecule has 4 nitrogen and oxygen atoms in total. The van der Waals surface area contributed by atoms with Gasteiger partial charge in [0.2, 0.25) is 0 Å². The lowest BCUT2D eigenvalue weighted by molar-refractivity contribution is -0.207. The molecule has 8 heteroatoms. The van der Waals surface area contributed by atoms with Gasteiger partial charge in [-0.05, 0) is 56.0 Å². The van der Waals surface area contributed by atoms with Crippen LogP contribution >= 0.6 is 11.8 Å². The molecule has 3 atom stereocenters. The van der Waals surface area contributed by atoms with Crippen molar-refractivity contribution in [1.82, 2.24) is 0 Å². The number of esters is 1. The Labute approximate surface area is 177 Å². The van der Waals surface area contributed by atoms with Gasteiger partial charge in [0.25, 0.3) is 0 Å². The highest BCUT2D eigenvalue weighted by Crippen LogP contribution is 2.39. The van der Waals surface area contributed by atoms with Gasteiger partial charge >= 0.3 is 12.1 Å². The third-order valence-corrected chi connectivity index (χ3v) is 5.99. The van der Waals surface area contributed by atoms with Crippen molar-refractivity contribution in [3.63, 3.8) is 0 Å². The van der Waals surface area contributed by atoms with Gasteiger partial charge in [0.1, 0.15) is 11.9 Å². The highest BCUT2D eigenvalue weighted by molar-refractivity contribution is 7.99. The first-order valence-electron chi connectivity index (χ1n) is 9.57. The Morgan fingerprint density at radius 3 is 2.37 bits per heavy atom. The second kappa shape index (κ2) is 9.75. The molecule has 2 aromatic carbocycles. The van der Waals surface area contributed by atoms with E-state index in [1.165, 1.54) is 0 Å². The quantitative estimate of drug-likeness (QED) is 0.321. The zero-order valence-corrected chi connectivity index (χ0v) is 17.5. The van der Waals surface area contributed by atoms with Gasteiger partial charge in [-0.1, -0.05) is 41.6 Å². The van der Waals surface area contributed by atoms with Crippen LogP contribution in [0, 0.1) is 6.92 Å². The van der Waals surface area contributed by atoms with Gasteiger partial charge in [-0.15, -0.1) is 0 Å². The van der Waals surface area contributed by atoms with E-state index in [-0.39, 0.29) is 6.10 Å². The molecule has 0 radical (unpaired) electrons. The lowest BCUT2D eigenvalue weighted by Crippen LogP contribution is -2.38. The van der Waals surface area contributed by atoms with Crippen LogP contribution in [0.2, 0.25) is 0 Å². The van der Waals surface area contributed by atoms with Crippen LogP contribution in [0.15, 0.2) is 53.4 Å². The molecule has 0 saturated carbocycles. The van der Waals surface area contributed by atoms with E-state index in [4.69, 9.17) is 14.2 Å². The number of hydrogen-bond donors (Lipinski definition) is 0. The second-order valence-corrected chi connectivity index (χ2v) is 8.24. The molecule has 1 aliphatic heterocycles. The minimum atomic E-state index is -5.06. The van der Waals surface area contributed by atoms with Gasteiger partial charge in [0.05, 0.1) is 13.2 Å². The zero-order chi connectivity index (χ0) is 21.7. The number of alkyl halides is 3. The summed E-state index contributed by atoms with van der Waals surface area (Å²) in [5.74, 6) is -1.50. The molecule has 1 saturated heterocycles. The fourth-order valence-corrected chi connectivity index (χ4v) is 4.26. The maximum atomic E-state index is 12.8. The molecule has 1 unspecified atom stereocenters. The smallest absolute Gasteiger partial charge is 0.490 e. The van der Waals surface area contributed by atoms with E-state index in [9.17, 15) is 18.0 Å². The summed E-state index contributed by atoms with van der Waals surface area (Å²) >= 11 is 1.06. The summed E-state index contributed by atoms with van der Waals surface area (Å²) < 4.78 is 54.7. The van der Waals surface area contributed by atoms with Crippen molar-refractivity contribution < 1.29 is 32.2 Å². The minimum Gasteiger partial charge on any atom is -0.497 e. The summed E-state index contributed by atoms with van der Waals surface area (Å²) in [6.45, 7) is 1.92. The highest BCUT2D eigenvalue weighted by atomic mass is 32.2. The van der Waals surface area contributed by atoms with Crippen molar-refractivity contribution in [2.24, 2.45) is 0 Å². The normalized spacial score (nSPS) is 20.4. The third kappa shape index (κ3) is 5.92. The molecule has 0 amide bonds. The van der Waals surface area contributed by atoms with E-state index >= 15 is 0 Å². The summed E-state index contributed by atoms with van der Waals surface area (Å²) in [5, 5.41) is 0.